The molecule has 3 rings (SSSR count). The van der Waals surface area contributed by atoms with E-state index in [-0.39, 0.29) is 29.4 Å². The van der Waals surface area contributed by atoms with Crippen LogP contribution in [0.4, 0.5) is 5.82 Å². The number of hydrogen-bond donors (Lipinski definition) is 2. The number of rotatable bonds is 6. The van der Waals surface area contributed by atoms with Gasteiger partial charge in [0.15, 0.2) is 5.60 Å². The highest BCUT2D eigenvalue weighted by molar-refractivity contribution is 6.28. The fourth-order valence-electron chi connectivity index (χ4n) is 3.49. The average Bonchev–Trinajstić information content (AvgIpc) is 3.24. The lowest BCUT2D eigenvalue weighted by Gasteiger charge is -2.27. The van der Waals surface area contributed by atoms with Crippen molar-refractivity contribution in [2.24, 2.45) is 5.92 Å². The SMILES string of the molecule is C#C[C@]1(CO)O[C@@H](n2ccc3c(N)nc(Cl)nc32)C[C@@H]1OC(=O)C(CC)CC. The number of hydrogen-bond acceptors (Lipinski definition) is 7. The fourth-order valence-corrected chi connectivity index (χ4v) is 3.66. The Morgan fingerprint density at radius 3 is 2.89 bits per heavy atom. The van der Waals surface area contributed by atoms with Gasteiger partial charge in [-0.05, 0) is 30.5 Å². The minimum atomic E-state index is -1.44. The van der Waals surface area contributed by atoms with Crippen LogP contribution in [0.2, 0.25) is 5.28 Å². The highest BCUT2D eigenvalue weighted by Gasteiger charge is 2.51. The molecule has 0 aliphatic carbocycles. The van der Waals surface area contributed by atoms with Crippen LogP contribution in [0.5, 0.6) is 0 Å². The zero-order valence-electron chi connectivity index (χ0n) is 15.8. The van der Waals surface area contributed by atoms with Crippen molar-refractivity contribution in [3.8, 4) is 12.3 Å². The van der Waals surface area contributed by atoms with Crippen molar-refractivity contribution in [1.82, 2.24) is 14.5 Å². The molecule has 0 saturated carbocycles. The molecule has 0 unspecified atom stereocenters. The van der Waals surface area contributed by atoms with E-state index in [9.17, 15) is 9.90 Å². The summed E-state index contributed by atoms with van der Waals surface area (Å²) in [5.41, 5.74) is 4.93. The van der Waals surface area contributed by atoms with Crippen molar-refractivity contribution in [3.63, 3.8) is 0 Å². The number of nitrogen functional groups attached to an aromatic ring is 1. The minimum Gasteiger partial charge on any atom is -0.458 e. The van der Waals surface area contributed by atoms with E-state index in [2.05, 4.69) is 15.9 Å². The Labute approximate surface area is 168 Å². The second kappa shape index (κ2) is 7.95. The topological polar surface area (TPSA) is 112 Å². The van der Waals surface area contributed by atoms with Gasteiger partial charge in [0.2, 0.25) is 5.28 Å². The second-order valence-corrected chi connectivity index (χ2v) is 7.12. The Hall–Kier alpha value is -2.34. The van der Waals surface area contributed by atoms with Crippen molar-refractivity contribution < 1.29 is 19.4 Å². The maximum absolute atomic E-state index is 12.5. The largest absolute Gasteiger partial charge is 0.458 e. The van der Waals surface area contributed by atoms with Gasteiger partial charge in [0.05, 0.1) is 17.9 Å². The van der Waals surface area contributed by atoms with Crippen LogP contribution >= 0.6 is 11.6 Å². The number of carbonyl (C=O) groups is 1. The summed E-state index contributed by atoms with van der Waals surface area (Å²) in [5, 5.41) is 10.6. The van der Waals surface area contributed by atoms with E-state index in [4.69, 9.17) is 33.2 Å². The summed E-state index contributed by atoms with van der Waals surface area (Å²) in [5.74, 6) is 2.14. The highest BCUT2D eigenvalue weighted by atomic mass is 35.5. The molecule has 0 bridgehead atoms. The molecule has 0 spiro atoms. The Kier molecular flexibility index (Phi) is 5.79. The van der Waals surface area contributed by atoms with Crippen molar-refractivity contribution in [1.29, 1.82) is 0 Å². The molecule has 150 valence electrons. The van der Waals surface area contributed by atoms with E-state index in [1.807, 2.05) is 13.8 Å². The molecule has 0 radical (unpaired) electrons. The third-order valence-corrected chi connectivity index (χ3v) is 5.39. The predicted molar refractivity (Wildman–Crippen MR) is 104 cm³/mol. The minimum absolute atomic E-state index is 0.00466. The molecule has 0 aromatic carbocycles. The highest BCUT2D eigenvalue weighted by Crippen LogP contribution is 2.40. The monoisotopic (exact) mass is 406 g/mol. The van der Waals surface area contributed by atoms with E-state index in [1.165, 1.54) is 0 Å². The number of aliphatic hydroxyl groups is 1. The van der Waals surface area contributed by atoms with E-state index >= 15 is 0 Å². The lowest BCUT2D eigenvalue weighted by molar-refractivity contribution is -0.163. The predicted octanol–water partition coefficient (Wildman–Crippen LogP) is 2.30. The molecule has 3 atom stereocenters. The third-order valence-electron chi connectivity index (χ3n) is 5.22. The summed E-state index contributed by atoms with van der Waals surface area (Å²) in [6.07, 6.45) is 7.53. The van der Waals surface area contributed by atoms with E-state index in [0.717, 1.165) is 0 Å². The number of nitrogens with two attached hydrogens (primary N) is 1. The maximum Gasteiger partial charge on any atom is 0.309 e. The molecule has 3 N–H and O–H groups in total. The fraction of sp³-hybridized carbons (Fsp3) is 0.526. The first kappa shape index (κ1) is 20.4. The van der Waals surface area contributed by atoms with Crippen LogP contribution in [0.3, 0.4) is 0 Å². The first-order chi connectivity index (χ1) is 13.4. The normalized spacial score (nSPS) is 24.6. The quantitative estimate of drug-likeness (QED) is 0.430. The maximum atomic E-state index is 12.5. The third kappa shape index (κ3) is 3.41. The van der Waals surface area contributed by atoms with Crippen LogP contribution in [-0.2, 0) is 14.3 Å². The number of ether oxygens (including phenoxy) is 2. The number of anilines is 1. The molecule has 1 aliphatic heterocycles. The van der Waals surface area contributed by atoms with Crippen molar-refractivity contribution in [2.75, 3.05) is 12.3 Å². The first-order valence-corrected chi connectivity index (χ1v) is 9.53. The zero-order valence-corrected chi connectivity index (χ0v) is 16.5. The summed E-state index contributed by atoms with van der Waals surface area (Å²) in [6.45, 7) is 3.35. The number of carbonyl (C=O) groups excluding carboxylic acids is 1. The van der Waals surface area contributed by atoms with Gasteiger partial charge in [-0.25, -0.2) is 4.98 Å². The molecule has 9 heteroatoms. The van der Waals surface area contributed by atoms with Gasteiger partial charge in [0.25, 0.3) is 0 Å². The lowest BCUT2D eigenvalue weighted by Crippen LogP contribution is -2.44. The molecule has 1 aliphatic rings. The summed E-state index contributed by atoms with van der Waals surface area (Å²) in [4.78, 5) is 20.6. The Morgan fingerprint density at radius 2 is 2.29 bits per heavy atom. The van der Waals surface area contributed by atoms with Gasteiger partial charge >= 0.3 is 5.97 Å². The van der Waals surface area contributed by atoms with Crippen LogP contribution in [-0.4, -0.2) is 43.9 Å². The molecule has 1 fully saturated rings. The van der Waals surface area contributed by atoms with Gasteiger partial charge in [-0.15, -0.1) is 6.42 Å². The van der Waals surface area contributed by atoms with Crippen molar-refractivity contribution >= 4 is 34.4 Å². The van der Waals surface area contributed by atoms with Gasteiger partial charge in [-0.3, -0.25) is 4.79 Å². The number of halogens is 1. The Bertz CT molecular complexity index is 921. The van der Waals surface area contributed by atoms with Gasteiger partial charge in [-0.1, -0.05) is 19.8 Å². The number of esters is 1. The van der Waals surface area contributed by atoms with Gasteiger partial charge in [-0.2, -0.15) is 4.98 Å². The molecule has 2 aromatic heterocycles. The molecule has 1 saturated heterocycles. The molecule has 0 amide bonds. The zero-order chi connectivity index (χ0) is 20.5. The van der Waals surface area contributed by atoms with Crippen LogP contribution in [0, 0.1) is 18.3 Å². The summed E-state index contributed by atoms with van der Waals surface area (Å²) in [7, 11) is 0. The molecular weight excluding hydrogens is 384 g/mol. The molecular formula is C19H23ClN4O4. The molecule has 3 heterocycles. The first-order valence-electron chi connectivity index (χ1n) is 9.15. The summed E-state index contributed by atoms with van der Waals surface area (Å²) in [6, 6.07) is 1.74. The van der Waals surface area contributed by atoms with Crippen LogP contribution in [0.15, 0.2) is 12.3 Å². The number of aromatic nitrogens is 3. The van der Waals surface area contributed by atoms with Crippen molar-refractivity contribution in [2.45, 2.75) is 51.0 Å². The van der Waals surface area contributed by atoms with Crippen LogP contribution < -0.4 is 5.73 Å². The standard InChI is InChI=1S/C19H23ClN4O4/c1-4-11(5-2)17(26)27-13-9-14(28-19(13,6-3)10-25)24-8-7-12-15(21)22-18(20)23-16(12)24/h3,7-8,11,13-14,25H,4-5,9-10H2,1-2H3,(H2,21,22,23)/t13-,14+,19+/m0/s1. The second-order valence-electron chi connectivity index (χ2n) is 6.78. The van der Waals surface area contributed by atoms with E-state index < -0.39 is 24.5 Å². The molecule has 28 heavy (non-hydrogen) atoms. The molecule has 8 nitrogen and oxygen atoms in total. The van der Waals surface area contributed by atoms with Gasteiger partial charge < -0.3 is 24.9 Å². The van der Waals surface area contributed by atoms with E-state index in [1.54, 1.807) is 16.8 Å². The molecule has 2 aromatic rings. The summed E-state index contributed by atoms with van der Waals surface area (Å²) >= 11 is 5.94. The average molecular weight is 407 g/mol. The Balaban J connectivity index is 1.94. The number of terminal acetylenes is 1. The number of nitrogens with zero attached hydrogens (tertiary/aromatic N) is 3. The van der Waals surface area contributed by atoms with Gasteiger partial charge in [0, 0.05) is 12.6 Å². The summed E-state index contributed by atoms with van der Waals surface area (Å²) < 4.78 is 13.4. The van der Waals surface area contributed by atoms with Crippen LogP contribution in [0.1, 0.15) is 39.3 Å². The van der Waals surface area contributed by atoms with Gasteiger partial charge in [0.1, 0.15) is 23.8 Å². The number of aliphatic hydroxyl groups excluding tert-OH is 1. The van der Waals surface area contributed by atoms with Crippen LogP contribution in [0.25, 0.3) is 11.0 Å². The van der Waals surface area contributed by atoms with Crippen molar-refractivity contribution in [3.05, 3.63) is 17.5 Å². The smallest absolute Gasteiger partial charge is 0.309 e. The number of fused-ring (bicyclic) bond motifs is 1. The Morgan fingerprint density at radius 1 is 1.57 bits per heavy atom. The lowest BCUT2D eigenvalue weighted by atomic mass is 9.97. The van der Waals surface area contributed by atoms with E-state index in [0.29, 0.717) is 23.9 Å².